The second kappa shape index (κ2) is 4.79. The van der Waals surface area contributed by atoms with E-state index in [9.17, 15) is 13.2 Å². The lowest BCUT2D eigenvalue weighted by Gasteiger charge is -2.05. The third kappa shape index (κ3) is 4.46. The van der Waals surface area contributed by atoms with E-state index in [0.717, 1.165) is 6.34 Å². The van der Waals surface area contributed by atoms with E-state index < -0.39 is 12.6 Å². The van der Waals surface area contributed by atoms with Gasteiger partial charge in [-0.15, -0.1) is 0 Å². The van der Waals surface area contributed by atoms with E-state index in [4.69, 9.17) is 5.21 Å². The number of aliphatic imine (C=N–C) groups is 1. The first-order valence-corrected chi connectivity index (χ1v) is 4.09. The molecule has 0 atom stereocenters. The Kier molecular flexibility index (Phi) is 3.68. The Morgan fingerprint density at radius 1 is 1.27 bits per heavy atom. The third-order valence-corrected chi connectivity index (χ3v) is 1.61. The van der Waals surface area contributed by atoms with E-state index in [1.165, 1.54) is 24.3 Å². The minimum absolute atomic E-state index is 0.179. The SMILES string of the molecule is ONC=Nc1ccc(CC(F)(F)F)cc1. The van der Waals surface area contributed by atoms with Gasteiger partial charge < -0.3 is 0 Å². The molecule has 0 fully saturated rings. The molecule has 0 aliphatic carbocycles. The summed E-state index contributed by atoms with van der Waals surface area (Å²) < 4.78 is 35.9. The van der Waals surface area contributed by atoms with Gasteiger partial charge in [-0.2, -0.15) is 13.2 Å². The smallest absolute Gasteiger partial charge is 0.290 e. The van der Waals surface area contributed by atoms with E-state index >= 15 is 0 Å². The van der Waals surface area contributed by atoms with Crippen LogP contribution in [0.5, 0.6) is 0 Å². The van der Waals surface area contributed by atoms with Gasteiger partial charge in [-0.3, -0.25) is 10.7 Å². The Morgan fingerprint density at radius 2 is 1.87 bits per heavy atom. The molecule has 0 aliphatic heterocycles. The number of nitrogens with one attached hydrogen (secondary N) is 1. The topological polar surface area (TPSA) is 44.6 Å². The molecule has 1 aromatic carbocycles. The lowest BCUT2D eigenvalue weighted by molar-refractivity contribution is -0.127. The molecule has 0 amide bonds. The highest BCUT2D eigenvalue weighted by Gasteiger charge is 2.27. The molecule has 3 nitrogen and oxygen atoms in total. The van der Waals surface area contributed by atoms with Gasteiger partial charge in [0, 0.05) is 0 Å². The summed E-state index contributed by atoms with van der Waals surface area (Å²) in [5, 5.41) is 8.19. The number of hydroxylamine groups is 1. The quantitative estimate of drug-likeness (QED) is 0.465. The van der Waals surface area contributed by atoms with Gasteiger partial charge in [0.15, 0.2) is 0 Å². The summed E-state index contributed by atoms with van der Waals surface area (Å²) in [6, 6.07) is 5.57. The lowest BCUT2D eigenvalue weighted by Crippen LogP contribution is -2.11. The van der Waals surface area contributed by atoms with Crippen molar-refractivity contribution in [2.45, 2.75) is 12.6 Å². The zero-order valence-corrected chi connectivity index (χ0v) is 7.62. The molecule has 0 aromatic heterocycles. The molecule has 0 spiro atoms. The minimum Gasteiger partial charge on any atom is -0.290 e. The van der Waals surface area contributed by atoms with Gasteiger partial charge in [0.25, 0.3) is 0 Å². The van der Waals surface area contributed by atoms with Gasteiger partial charge in [-0.1, -0.05) is 12.1 Å². The second-order valence-corrected chi connectivity index (χ2v) is 2.85. The second-order valence-electron chi connectivity index (χ2n) is 2.85. The van der Waals surface area contributed by atoms with Crippen LogP contribution in [0.25, 0.3) is 0 Å². The molecule has 1 aromatic rings. The molecule has 2 N–H and O–H groups in total. The van der Waals surface area contributed by atoms with Crippen molar-refractivity contribution in [3.63, 3.8) is 0 Å². The van der Waals surface area contributed by atoms with Crippen molar-refractivity contribution in [2.24, 2.45) is 4.99 Å². The van der Waals surface area contributed by atoms with Gasteiger partial charge in [-0.25, -0.2) is 4.99 Å². The summed E-state index contributed by atoms with van der Waals surface area (Å²) >= 11 is 0. The first-order chi connectivity index (χ1) is 7.01. The van der Waals surface area contributed by atoms with Crippen molar-refractivity contribution in [1.29, 1.82) is 0 Å². The van der Waals surface area contributed by atoms with Crippen LogP contribution in [-0.4, -0.2) is 17.7 Å². The van der Waals surface area contributed by atoms with Gasteiger partial charge in [0.2, 0.25) is 0 Å². The Hall–Kier alpha value is -1.56. The molecule has 0 radical (unpaired) electrons. The number of hydrogen-bond donors (Lipinski definition) is 2. The number of nitrogens with zero attached hydrogens (tertiary/aromatic N) is 1. The Balaban J connectivity index is 2.68. The molecule has 0 heterocycles. The predicted molar refractivity (Wildman–Crippen MR) is 49.3 cm³/mol. The maximum atomic E-state index is 12.0. The summed E-state index contributed by atoms with van der Waals surface area (Å²) in [7, 11) is 0. The molecule has 1 rings (SSSR count). The van der Waals surface area contributed by atoms with Gasteiger partial charge in [0.1, 0.15) is 6.34 Å². The fraction of sp³-hybridized carbons (Fsp3) is 0.222. The van der Waals surface area contributed by atoms with E-state index in [1.54, 1.807) is 5.48 Å². The Bertz CT molecular complexity index is 332. The van der Waals surface area contributed by atoms with Gasteiger partial charge in [-0.05, 0) is 17.7 Å². The van der Waals surface area contributed by atoms with Crippen molar-refractivity contribution in [3.8, 4) is 0 Å². The average Bonchev–Trinajstić information content (AvgIpc) is 2.14. The molecule has 0 bridgehead atoms. The van der Waals surface area contributed by atoms with E-state index in [1.807, 2.05) is 0 Å². The molecular weight excluding hydrogens is 209 g/mol. The molecule has 82 valence electrons. The van der Waals surface area contributed by atoms with Crippen LogP contribution >= 0.6 is 0 Å². The number of halogens is 3. The first kappa shape index (κ1) is 11.5. The molecule has 15 heavy (non-hydrogen) atoms. The monoisotopic (exact) mass is 218 g/mol. The summed E-state index contributed by atoms with van der Waals surface area (Å²) in [4.78, 5) is 3.69. The van der Waals surface area contributed by atoms with Crippen molar-refractivity contribution >= 4 is 12.0 Å². The van der Waals surface area contributed by atoms with Crippen molar-refractivity contribution in [1.82, 2.24) is 5.48 Å². The number of rotatable bonds is 3. The molecule has 0 saturated carbocycles. The van der Waals surface area contributed by atoms with Crippen LogP contribution in [0.1, 0.15) is 5.56 Å². The highest BCUT2D eigenvalue weighted by molar-refractivity contribution is 5.59. The van der Waals surface area contributed by atoms with Crippen molar-refractivity contribution in [2.75, 3.05) is 0 Å². The van der Waals surface area contributed by atoms with Crippen molar-refractivity contribution in [3.05, 3.63) is 29.8 Å². The van der Waals surface area contributed by atoms with E-state index in [0.29, 0.717) is 5.69 Å². The fourth-order valence-corrected chi connectivity index (χ4v) is 1.03. The summed E-state index contributed by atoms with van der Waals surface area (Å²) in [5.74, 6) is 0. The average molecular weight is 218 g/mol. The van der Waals surface area contributed by atoms with E-state index in [2.05, 4.69) is 4.99 Å². The standard InChI is InChI=1S/C9H9F3N2O/c10-9(11,12)5-7-1-3-8(4-2-7)13-6-14-15/h1-4,6,15H,5H2,(H,13,14). The highest BCUT2D eigenvalue weighted by Crippen LogP contribution is 2.22. The molecular formula is C9H9F3N2O. The van der Waals surface area contributed by atoms with Gasteiger partial charge >= 0.3 is 6.18 Å². The fourth-order valence-electron chi connectivity index (χ4n) is 1.03. The van der Waals surface area contributed by atoms with Crippen LogP contribution in [0.4, 0.5) is 18.9 Å². The zero-order valence-electron chi connectivity index (χ0n) is 7.62. The number of benzene rings is 1. The molecule has 0 saturated heterocycles. The highest BCUT2D eigenvalue weighted by atomic mass is 19.4. The number of alkyl halides is 3. The lowest BCUT2D eigenvalue weighted by atomic mass is 10.1. The summed E-state index contributed by atoms with van der Waals surface area (Å²) in [6.07, 6.45) is -4.12. The maximum Gasteiger partial charge on any atom is 0.393 e. The predicted octanol–water partition coefficient (Wildman–Crippen LogP) is 2.43. The Labute approximate surface area is 84.2 Å². The molecule has 0 aliphatic rings. The van der Waals surface area contributed by atoms with Crippen LogP contribution < -0.4 is 5.48 Å². The third-order valence-electron chi connectivity index (χ3n) is 1.61. The largest absolute Gasteiger partial charge is 0.393 e. The molecule has 0 unspecified atom stereocenters. The van der Waals surface area contributed by atoms with Gasteiger partial charge in [0.05, 0.1) is 12.1 Å². The van der Waals surface area contributed by atoms with Crippen LogP contribution in [0.15, 0.2) is 29.3 Å². The minimum atomic E-state index is -4.20. The zero-order chi connectivity index (χ0) is 11.3. The van der Waals surface area contributed by atoms with Crippen LogP contribution in [0.2, 0.25) is 0 Å². The van der Waals surface area contributed by atoms with Crippen LogP contribution in [-0.2, 0) is 6.42 Å². The summed E-state index contributed by atoms with van der Waals surface area (Å²) in [5.41, 5.74) is 2.34. The Morgan fingerprint density at radius 3 is 2.33 bits per heavy atom. The van der Waals surface area contributed by atoms with Crippen LogP contribution in [0, 0.1) is 0 Å². The number of hydrogen-bond acceptors (Lipinski definition) is 2. The van der Waals surface area contributed by atoms with Crippen molar-refractivity contribution < 1.29 is 18.4 Å². The van der Waals surface area contributed by atoms with Crippen LogP contribution in [0.3, 0.4) is 0 Å². The normalized spacial score (nSPS) is 12.0. The first-order valence-electron chi connectivity index (χ1n) is 4.09. The van der Waals surface area contributed by atoms with E-state index in [-0.39, 0.29) is 5.56 Å². The molecule has 6 heteroatoms. The summed E-state index contributed by atoms with van der Waals surface area (Å²) in [6.45, 7) is 0. The maximum absolute atomic E-state index is 12.0.